The minimum atomic E-state index is -1.43. The molecule has 0 spiro atoms. The predicted molar refractivity (Wildman–Crippen MR) is 162 cm³/mol. The highest BCUT2D eigenvalue weighted by molar-refractivity contribution is 9.10. The zero-order chi connectivity index (χ0) is 26.8. The molecule has 0 radical (unpaired) electrons. The molecule has 2 aliphatic carbocycles. The highest BCUT2D eigenvalue weighted by atomic mass is 79.9. The Balaban J connectivity index is 1.39. The Labute approximate surface area is 237 Å². The lowest BCUT2D eigenvalue weighted by Crippen LogP contribution is -2.30. The molecule has 0 saturated carbocycles. The number of ether oxygens (including phenoxy) is 1. The van der Waals surface area contributed by atoms with Gasteiger partial charge in [0, 0.05) is 21.0 Å². The van der Waals surface area contributed by atoms with Crippen LogP contribution in [-0.4, -0.2) is 5.11 Å². The summed E-state index contributed by atoms with van der Waals surface area (Å²) >= 11 is 3.64. The lowest BCUT2D eigenvalue weighted by molar-refractivity contribution is 0.122. The van der Waals surface area contributed by atoms with E-state index in [-0.39, 0.29) is 5.41 Å². The van der Waals surface area contributed by atoms with Crippen LogP contribution in [0.25, 0.3) is 23.3 Å². The first-order chi connectivity index (χ1) is 18.9. The van der Waals surface area contributed by atoms with Gasteiger partial charge in [-0.1, -0.05) is 121 Å². The normalized spacial score (nSPS) is 17.9. The third-order valence-corrected chi connectivity index (χ3v) is 8.75. The summed E-state index contributed by atoms with van der Waals surface area (Å²) in [6.45, 7) is 4.53. The van der Waals surface area contributed by atoms with Crippen molar-refractivity contribution in [3.05, 3.63) is 153 Å². The number of hydrogen-bond acceptors (Lipinski definition) is 2. The Hall–Kier alpha value is -3.92. The summed E-state index contributed by atoms with van der Waals surface area (Å²) < 4.78 is 7.56. The van der Waals surface area contributed by atoms with E-state index in [0.717, 1.165) is 32.5 Å². The first-order valence-corrected chi connectivity index (χ1v) is 14.0. The number of fused-ring (bicyclic) bond motifs is 5. The molecule has 0 saturated heterocycles. The van der Waals surface area contributed by atoms with Crippen molar-refractivity contribution < 1.29 is 9.84 Å². The molecule has 39 heavy (non-hydrogen) atoms. The summed E-state index contributed by atoms with van der Waals surface area (Å²) in [6.07, 6.45) is 4.14. The van der Waals surface area contributed by atoms with Gasteiger partial charge in [0.2, 0.25) is 0 Å². The Morgan fingerprint density at radius 2 is 1.23 bits per heavy atom. The van der Waals surface area contributed by atoms with E-state index >= 15 is 0 Å². The van der Waals surface area contributed by atoms with E-state index in [9.17, 15) is 5.11 Å². The fourth-order valence-corrected chi connectivity index (χ4v) is 6.66. The lowest BCUT2D eigenvalue weighted by Gasteiger charge is -2.33. The van der Waals surface area contributed by atoms with Gasteiger partial charge < -0.3 is 9.84 Å². The Morgan fingerprint density at radius 3 is 2.05 bits per heavy atom. The summed E-state index contributed by atoms with van der Waals surface area (Å²) in [6, 6.07) is 36.9. The van der Waals surface area contributed by atoms with Crippen molar-refractivity contribution in [1.29, 1.82) is 0 Å². The van der Waals surface area contributed by atoms with Gasteiger partial charge in [-0.25, -0.2) is 0 Å². The second-order valence-corrected chi connectivity index (χ2v) is 11.8. The van der Waals surface area contributed by atoms with Gasteiger partial charge in [-0.3, -0.25) is 0 Å². The highest BCUT2D eigenvalue weighted by Gasteiger charge is 2.41. The monoisotopic (exact) mass is 570 g/mol. The molecule has 5 aromatic rings. The molecule has 5 aromatic carbocycles. The average molecular weight is 572 g/mol. The van der Waals surface area contributed by atoms with Crippen LogP contribution in [0.5, 0.6) is 11.5 Å². The molecule has 0 aromatic heterocycles. The van der Waals surface area contributed by atoms with Crippen molar-refractivity contribution >= 4 is 28.1 Å². The molecule has 1 atom stereocenters. The SMILES string of the molecule is CC1(C)c2ccccc2-c2ccc(Oc3ccccc3C3(O)c4ccccc4C=Cc4ccc(Br)cc43)cc21. The maximum absolute atomic E-state index is 12.8. The topological polar surface area (TPSA) is 29.5 Å². The smallest absolute Gasteiger partial charge is 0.145 e. The number of halogens is 1. The first kappa shape index (κ1) is 24.1. The van der Waals surface area contributed by atoms with Crippen molar-refractivity contribution in [3.63, 3.8) is 0 Å². The predicted octanol–water partition coefficient (Wildman–Crippen LogP) is 9.32. The van der Waals surface area contributed by atoms with Crippen LogP contribution in [0.1, 0.15) is 52.8 Å². The molecule has 7 rings (SSSR count). The van der Waals surface area contributed by atoms with Gasteiger partial charge in [-0.05, 0) is 69.3 Å². The van der Waals surface area contributed by atoms with Crippen molar-refractivity contribution in [2.75, 3.05) is 0 Å². The molecule has 0 aliphatic heterocycles. The van der Waals surface area contributed by atoms with Crippen molar-refractivity contribution in [1.82, 2.24) is 0 Å². The molecule has 190 valence electrons. The number of para-hydroxylation sites is 1. The molecular weight excluding hydrogens is 544 g/mol. The summed E-state index contributed by atoms with van der Waals surface area (Å²) in [5.41, 5.74) is 7.81. The van der Waals surface area contributed by atoms with Crippen LogP contribution in [0.2, 0.25) is 0 Å². The maximum atomic E-state index is 12.8. The van der Waals surface area contributed by atoms with E-state index in [1.807, 2.05) is 72.8 Å². The van der Waals surface area contributed by atoms with Crippen LogP contribution in [0.15, 0.2) is 114 Å². The Kier molecular flexibility index (Phi) is 5.45. The van der Waals surface area contributed by atoms with Gasteiger partial charge >= 0.3 is 0 Å². The van der Waals surface area contributed by atoms with Gasteiger partial charge in [0.05, 0.1) is 0 Å². The second-order valence-electron chi connectivity index (χ2n) is 10.8. The van der Waals surface area contributed by atoms with Crippen molar-refractivity contribution in [3.8, 4) is 22.6 Å². The van der Waals surface area contributed by atoms with Crippen LogP contribution in [0.4, 0.5) is 0 Å². The second kappa shape index (κ2) is 8.81. The van der Waals surface area contributed by atoms with E-state index in [4.69, 9.17) is 4.74 Å². The fourth-order valence-electron chi connectivity index (χ4n) is 6.30. The summed E-state index contributed by atoms with van der Waals surface area (Å²) in [7, 11) is 0. The Morgan fingerprint density at radius 1 is 0.590 bits per heavy atom. The lowest BCUT2D eigenvalue weighted by atomic mass is 9.77. The molecule has 0 amide bonds. The molecule has 1 N–H and O–H groups in total. The van der Waals surface area contributed by atoms with Gasteiger partial charge in [0.1, 0.15) is 17.1 Å². The van der Waals surface area contributed by atoms with Crippen LogP contribution in [-0.2, 0) is 11.0 Å². The number of benzene rings is 5. The van der Waals surface area contributed by atoms with Crippen molar-refractivity contribution in [2.24, 2.45) is 0 Å². The molecule has 0 fully saturated rings. The van der Waals surface area contributed by atoms with Crippen molar-refractivity contribution in [2.45, 2.75) is 24.9 Å². The van der Waals surface area contributed by atoms with Gasteiger partial charge in [-0.2, -0.15) is 0 Å². The molecule has 1 unspecified atom stereocenters. The van der Waals surface area contributed by atoms with E-state index in [2.05, 4.69) is 78.3 Å². The van der Waals surface area contributed by atoms with Crippen LogP contribution < -0.4 is 4.74 Å². The minimum Gasteiger partial charge on any atom is -0.457 e. The van der Waals surface area contributed by atoms with E-state index < -0.39 is 5.60 Å². The van der Waals surface area contributed by atoms with E-state index in [0.29, 0.717) is 11.3 Å². The highest BCUT2D eigenvalue weighted by Crippen LogP contribution is 2.51. The average Bonchev–Trinajstić information content (AvgIpc) is 3.10. The van der Waals surface area contributed by atoms with Gasteiger partial charge in [0.25, 0.3) is 0 Å². The van der Waals surface area contributed by atoms with Gasteiger partial charge in [0.15, 0.2) is 0 Å². The number of aliphatic hydroxyl groups is 1. The molecule has 2 nitrogen and oxygen atoms in total. The third kappa shape index (κ3) is 3.65. The Bertz CT molecular complexity index is 1800. The third-order valence-electron chi connectivity index (χ3n) is 8.26. The van der Waals surface area contributed by atoms with Crippen LogP contribution in [0, 0.1) is 0 Å². The zero-order valence-corrected chi connectivity index (χ0v) is 23.4. The standard InChI is InChI=1S/C36H27BrO2/c1-35(2)30-12-6-4-10-27(30)28-20-19-26(22-33(28)35)39-34-14-8-7-13-31(34)36(38)29-11-5-3-9-23(29)15-16-24-17-18-25(37)21-32(24)36/h3-22,38H,1-2H3. The molecular formula is C36H27BrO2. The summed E-state index contributed by atoms with van der Waals surface area (Å²) in [5.74, 6) is 1.37. The molecule has 0 heterocycles. The maximum Gasteiger partial charge on any atom is 0.145 e. The largest absolute Gasteiger partial charge is 0.457 e. The molecule has 0 bridgehead atoms. The van der Waals surface area contributed by atoms with Crippen LogP contribution >= 0.6 is 15.9 Å². The zero-order valence-electron chi connectivity index (χ0n) is 21.8. The summed E-state index contributed by atoms with van der Waals surface area (Å²) in [4.78, 5) is 0. The number of hydrogen-bond donors (Lipinski definition) is 1. The fraction of sp³-hybridized carbons (Fsp3) is 0.111. The number of rotatable bonds is 3. The van der Waals surface area contributed by atoms with Gasteiger partial charge in [-0.15, -0.1) is 0 Å². The molecule has 3 heteroatoms. The van der Waals surface area contributed by atoms with E-state index in [1.165, 1.54) is 22.3 Å². The molecule has 2 aliphatic rings. The van der Waals surface area contributed by atoms with Crippen LogP contribution in [0.3, 0.4) is 0 Å². The summed E-state index contributed by atoms with van der Waals surface area (Å²) in [5, 5.41) is 12.8. The van der Waals surface area contributed by atoms with E-state index in [1.54, 1.807) is 0 Å². The quantitative estimate of drug-likeness (QED) is 0.234. The minimum absolute atomic E-state index is 0.125. The first-order valence-electron chi connectivity index (χ1n) is 13.2.